The second kappa shape index (κ2) is 4.80. The van der Waals surface area contributed by atoms with E-state index < -0.39 is 0 Å². The molecule has 2 aliphatic rings. The maximum absolute atomic E-state index is 12.7. The van der Waals surface area contributed by atoms with Crippen molar-refractivity contribution >= 4 is 11.7 Å². The van der Waals surface area contributed by atoms with Crippen molar-refractivity contribution in [2.45, 2.75) is 26.3 Å². The number of rotatable bonds is 1. The Morgan fingerprint density at radius 2 is 2.05 bits per heavy atom. The highest BCUT2D eigenvalue weighted by Crippen LogP contribution is 2.41. The number of nitrogens with one attached hydrogen (secondary N) is 1. The molecule has 0 radical (unpaired) electrons. The maximum atomic E-state index is 12.7. The Balaban J connectivity index is 1.88. The van der Waals surface area contributed by atoms with Gasteiger partial charge in [0.1, 0.15) is 12.1 Å². The Bertz CT molecular complexity index is 759. The van der Waals surface area contributed by atoms with Crippen LogP contribution < -0.4 is 5.32 Å². The Morgan fingerprint density at radius 1 is 1.27 bits per heavy atom. The van der Waals surface area contributed by atoms with E-state index in [1.54, 1.807) is 0 Å². The number of benzene rings is 1. The number of nitrogens with zero attached hydrogens (tertiary/aromatic N) is 3. The molecule has 5 nitrogen and oxygen atoms in total. The molecule has 1 aliphatic heterocycles. The largest absolute Gasteiger partial charge is 0.328 e. The fraction of sp³-hybridized carbons (Fsp3) is 0.353. The Kier molecular flexibility index (Phi) is 2.89. The van der Waals surface area contributed by atoms with E-state index in [1.165, 1.54) is 11.9 Å². The predicted molar refractivity (Wildman–Crippen MR) is 83.3 cm³/mol. The first kappa shape index (κ1) is 13.2. The number of fused-ring (bicyclic) bond motifs is 2. The average Bonchev–Trinajstić information content (AvgIpc) is 2.93. The van der Waals surface area contributed by atoms with Crippen LogP contribution in [0.25, 0.3) is 0 Å². The monoisotopic (exact) mass is 294 g/mol. The van der Waals surface area contributed by atoms with Crippen molar-refractivity contribution < 1.29 is 4.79 Å². The molecular weight excluding hydrogens is 276 g/mol. The van der Waals surface area contributed by atoms with Crippen molar-refractivity contribution in [2.24, 2.45) is 11.8 Å². The van der Waals surface area contributed by atoms with Crippen LogP contribution in [0.4, 0.5) is 5.95 Å². The van der Waals surface area contributed by atoms with Crippen molar-refractivity contribution in [3.8, 4) is 0 Å². The van der Waals surface area contributed by atoms with Gasteiger partial charge in [-0.3, -0.25) is 4.79 Å². The van der Waals surface area contributed by atoms with Crippen LogP contribution in [0.2, 0.25) is 0 Å². The van der Waals surface area contributed by atoms with Gasteiger partial charge in [-0.1, -0.05) is 42.8 Å². The molecule has 4 rings (SSSR count). The van der Waals surface area contributed by atoms with E-state index in [1.807, 2.05) is 4.68 Å². The third kappa shape index (κ3) is 1.96. The molecule has 112 valence electrons. The lowest BCUT2D eigenvalue weighted by atomic mass is 9.78. The summed E-state index contributed by atoms with van der Waals surface area (Å²) in [6.07, 6.45) is 4.28. The van der Waals surface area contributed by atoms with Crippen LogP contribution in [0.5, 0.6) is 0 Å². The molecule has 0 saturated carbocycles. The molecule has 0 amide bonds. The van der Waals surface area contributed by atoms with Gasteiger partial charge in [-0.05, 0) is 18.4 Å². The number of aromatic nitrogens is 3. The van der Waals surface area contributed by atoms with Crippen molar-refractivity contribution in [2.75, 3.05) is 5.32 Å². The van der Waals surface area contributed by atoms with Crippen LogP contribution in [-0.2, 0) is 4.79 Å². The molecular formula is C17H18N4O. The molecule has 1 aromatic heterocycles. The predicted octanol–water partition coefficient (Wildman–Crippen LogP) is 2.71. The summed E-state index contributed by atoms with van der Waals surface area (Å²) in [6.45, 7) is 4.13. The first-order valence-electron chi connectivity index (χ1n) is 7.61. The highest BCUT2D eigenvalue weighted by atomic mass is 16.1. The Morgan fingerprint density at radius 3 is 2.82 bits per heavy atom. The zero-order valence-corrected chi connectivity index (χ0v) is 12.7. The highest BCUT2D eigenvalue weighted by Gasteiger charge is 2.42. The molecule has 0 unspecified atom stereocenters. The lowest BCUT2D eigenvalue weighted by molar-refractivity contribution is -0.123. The van der Waals surface area contributed by atoms with Gasteiger partial charge in [-0.15, -0.1) is 0 Å². The van der Waals surface area contributed by atoms with Gasteiger partial charge in [-0.25, -0.2) is 4.68 Å². The number of anilines is 1. The molecule has 1 N–H and O–H groups in total. The zero-order valence-electron chi connectivity index (χ0n) is 12.7. The molecule has 1 aliphatic carbocycles. The lowest BCUT2D eigenvalue weighted by Crippen LogP contribution is -2.40. The van der Waals surface area contributed by atoms with Gasteiger partial charge in [0.2, 0.25) is 5.95 Å². The fourth-order valence-corrected chi connectivity index (χ4v) is 3.46. The zero-order chi connectivity index (χ0) is 15.3. The highest BCUT2D eigenvalue weighted by molar-refractivity contribution is 5.87. The van der Waals surface area contributed by atoms with Crippen molar-refractivity contribution in [3.05, 3.63) is 53.5 Å². The third-order valence-corrected chi connectivity index (χ3v) is 4.50. The van der Waals surface area contributed by atoms with Gasteiger partial charge in [0.15, 0.2) is 0 Å². The molecule has 2 heterocycles. The van der Waals surface area contributed by atoms with E-state index >= 15 is 0 Å². The standard InChI is InChI=1S/C17H18N4O/c1-10-3-5-12(6-4-10)16-15-13(7-11(2)8-14(15)22)20-17-18-9-19-21(16)17/h3-7,9,11,15-16H,8H2,1-2H3,(H,18,19,20)/t11-,15-,16-/m0/s1. The second-order valence-electron chi connectivity index (χ2n) is 6.26. The summed E-state index contributed by atoms with van der Waals surface area (Å²) in [5, 5.41) is 7.63. The maximum Gasteiger partial charge on any atom is 0.226 e. The molecule has 5 heteroatoms. The minimum absolute atomic E-state index is 0.120. The van der Waals surface area contributed by atoms with Crippen molar-refractivity contribution in [3.63, 3.8) is 0 Å². The van der Waals surface area contributed by atoms with Crippen LogP contribution in [0, 0.1) is 18.8 Å². The molecule has 0 saturated heterocycles. The quantitative estimate of drug-likeness (QED) is 0.878. The summed E-state index contributed by atoms with van der Waals surface area (Å²) in [5.74, 6) is 1.03. The molecule has 0 bridgehead atoms. The number of carbonyl (C=O) groups is 1. The van der Waals surface area contributed by atoms with Gasteiger partial charge in [0.25, 0.3) is 0 Å². The fourth-order valence-electron chi connectivity index (χ4n) is 3.46. The summed E-state index contributed by atoms with van der Waals surface area (Å²) in [6, 6.07) is 8.20. The van der Waals surface area contributed by atoms with Crippen LogP contribution in [0.3, 0.4) is 0 Å². The molecule has 3 atom stereocenters. The number of hydrogen-bond donors (Lipinski definition) is 1. The van der Waals surface area contributed by atoms with Gasteiger partial charge in [0, 0.05) is 12.1 Å². The lowest BCUT2D eigenvalue weighted by Gasteiger charge is -2.37. The van der Waals surface area contributed by atoms with E-state index in [-0.39, 0.29) is 23.7 Å². The minimum atomic E-state index is -0.201. The summed E-state index contributed by atoms with van der Waals surface area (Å²) in [5.41, 5.74) is 3.27. The van der Waals surface area contributed by atoms with Crippen LogP contribution in [0.15, 0.2) is 42.4 Å². The van der Waals surface area contributed by atoms with E-state index in [4.69, 9.17) is 0 Å². The van der Waals surface area contributed by atoms with Crippen LogP contribution in [0.1, 0.15) is 30.5 Å². The van der Waals surface area contributed by atoms with Gasteiger partial charge in [-0.2, -0.15) is 10.1 Å². The molecule has 2 aromatic rings. The Labute approximate surface area is 129 Å². The van der Waals surface area contributed by atoms with E-state index in [0.29, 0.717) is 12.4 Å². The second-order valence-corrected chi connectivity index (χ2v) is 6.26. The van der Waals surface area contributed by atoms with E-state index in [0.717, 1.165) is 11.3 Å². The number of ketones is 1. The smallest absolute Gasteiger partial charge is 0.226 e. The van der Waals surface area contributed by atoms with Crippen molar-refractivity contribution in [1.82, 2.24) is 14.8 Å². The minimum Gasteiger partial charge on any atom is -0.328 e. The normalized spacial score (nSPS) is 26.7. The summed E-state index contributed by atoms with van der Waals surface area (Å²) >= 11 is 0. The van der Waals surface area contributed by atoms with E-state index in [2.05, 4.69) is 59.6 Å². The number of carbonyl (C=O) groups excluding carboxylic acids is 1. The average molecular weight is 294 g/mol. The number of aryl methyl sites for hydroxylation is 1. The first-order chi connectivity index (χ1) is 10.6. The number of hydrogen-bond acceptors (Lipinski definition) is 4. The first-order valence-corrected chi connectivity index (χ1v) is 7.61. The van der Waals surface area contributed by atoms with Crippen LogP contribution in [-0.4, -0.2) is 20.5 Å². The van der Waals surface area contributed by atoms with Crippen molar-refractivity contribution in [1.29, 1.82) is 0 Å². The molecule has 0 fully saturated rings. The molecule has 1 aromatic carbocycles. The summed E-state index contributed by atoms with van der Waals surface area (Å²) in [7, 11) is 0. The number of allylic oxidation sites excluding steroid dienone is 2. The van der Waals surface area contributed by atoms with Crippen LogP contribution >= 0.6 is 0 Å². The topological polar surface area (TPSA) is 59.8 Å². The molecule has 0 spiro atoms. The van der Waals surface area contributed by atoms with Gasteiger partial charge >= 0.3 is 0 Å². The molecule has 22 heavy (non-hydrogen) atoms. The third-order valence-electron chi connectivity index (χ3n) is 4.50. The van der Waals surface area contributed by atoms with E-state index in [9.17, 15) is 4.79 Å². The van der Waals surface area contributed by atoms with Gasteiger partial charge < -0.3 is 5.32 Å². The summed E-state index contributed by atoms with van der Waals surface area (Å²) < 4.78 is 1.83. The SMILES string of the molecule is Cc1ccc([C@H]2[C@@H]3C(=O)C[C@@H](C)C=C3Nc3ncnn32)cc1. The number of Topliss-reactive ketones (excluding diaryl/α,β-unsaturated/α-hetero) is 1. The van der Waals surface area contributed by atoms with Gasteiger partial charge in [0.05, 0.1) is 12.0 Å². The Hall–Kier alpha value is -2.43. The summed E-state index contributed by atoms with van der Waals surface area (Å²) in [4.78, 5) is 17.0.